The summed E-state index contributed by atoms with van der Waals surface area (Å²) in [6.45, 7) is 7.82. The Balaban J connectivity index is 1.14. The maximum absolute atomic E-state index is 13.4. The number of hydrogen-bond donors (Lipinski definition) is 1. The third-order valence-corrected chi connectivity index (χ3v) is 11.0. The maximum Gasteiger partial charge on any atom is 0.408 e. The van der Waals surface area contributed by atoms with Gasteiger partial charge in [-0.25, -0.2) is 19.2 Å². The van der Waals surface area contributed by atoms with Gasteiger partial charge in [-0.05, 0) is 81.5 Å². The summed E-state index contributed by atoms with van der Waals surface area (Å²) in [5.74, 6) is -1.03. The van der Waals surface area contributed by atoms with E-state index in [-0.39, 0.29) is 23.8 Å². The second kappa shape index (κ2) is 15.1. The number of rotatable bonds is 10. The van der Waals surface area contributed by atoms with Crippen LogP contribution >= 0.6 is 0 Å². The van der Waals surface area contributed by atoms with Gasteiger partial charge in [0.1, 0.15) is 17.4 Å². The molecule has 1 N–H and O–H groups in total. The van der Waals surface area contributed by atoms with Gasteiger partial charge in [-0.2, -0.15) is 0 Å². The summed E-state index contributed by atoms with van der Waals surface area (Å²) in [5, 5.41) is 2.61. The summed E-state index contributed by atoms with van der Waals surface area (Å²) >= 11 is 0. The zero-order chi connectivity index (χ0) is 37.1. The van der Waals surface area contributed by atoms with Crippen LogP contribution in [0.5, 0.6) is 5.75 Å². The quantitative estimate of drug-likeness (QED) is 0.115. The molecule has 0 spiro atoms. The van der Waals surface area contributed by atoms with E-state index < -0.39 is 35.8 Å². The third-order valence-electron chi connectivity index (χ3n) is 11.0. The fourth-order valence-corrected chi connectivity index (χ4v) is 8.44. The van der Waals surface area contributed by atoms with Crippen LogP contribution in [0.3, 0.4) is 0 Å². The highest BCUT2D eigenvalue weighted by atomic mass is 16.6. The lowest BCUT2D eigenvalue weighted by molar-refractivity contribution is -0.959. The fourth-order valence-electron chi connectivity index (χ4n) is 8.44. The molecule has 2 heterocycles. The van der Waals surface area contributed by atoms with Crippen molar-refractivity contribution < 1.29 is 42.6 Å². The van der Waals surface area contributed by atoms with E-state index in [2.05, 4.69) is 17.3 Å². The molecule has 11 nitrogen and oxygen atoms in total. The van der Waals surface area contributed by atoms with E-state index in [9.17, 15) is 19.2 Å². The van der Waals surface area contributed by atoms with Gasteiger partial charge >= 0.3 is 24.0 Å². The molecule has 0 radical (unpaired) electrons. The number of nitrogens with one attached hydrogen (secondary N) is 1. The van der Waals surface area contributed by atoms with Crippen molar-refractivity contribution in [2.45, 2.75) is 102 Å². The number of fused-ring (bicyclic) bond motifs is 1. The number of carbonyl (C=O) groups is 4. The summed E-state index contributed by atoms with van der Waals surface area (Å²) in [6, 6.07) is 17.7. The zero-order valence-corrected chi connectivity index (χ0v) is 30.8. The highest BCUT2D eigenvalue weighted by Crippen LogP contribution is 2.57. The second-order valence-electron chi connectivity index (χ2n) is 15.7. The number of nitrogens with zero attached hydrogens (tertiary/aromatic N) is 2. The first kappa shape index (κ1) is 37.0. The molecular formula is C41H50N3O8+. The number of amides is 1. The normalized spacial score (nSPS) is 24.6. The van der Waals surface area contributed by atoms with Crippen LogP contribution in [0.2, 0.25) is 0 Å². The number of alkyl carbamates (subject to hydrolysis) is 1. The predicted molar refractivity (Wildman–Crippen MR) is 192 cm³/mol. The molecule has 2 aromatic carbocycles. The van der Waals surface area contributed by atoms with E-state index in [1.165, 1.54) is 24.2 Å². The molecule has 1 saturated carbocycles. The molecule has 52 heavy (non-hydrogen) atoms. The predicted octanol–water partition coefficient (Wildman–Crippen LogP) is 6.07. The van der Waals surface area contributed by atoms with Gasteiger partial charge in [0, 0.05) is 43.0 Å². The molecule has 2 bridgehead atoms. The van der Waals surface area contributed by atoms with Crippen LogP contribution < -0.4 is 10.1 Å². The van der Waals surface area contributed by atoms with E-state index in [1.54, 1.807) is 45.2 Å². The number of likely N-dealkylation sites (N-methyl/N-ethyl adjacent to an activating group) is 1. The minimum atomic E-state index is -1.23. The standard InChI is InChI=1S/C41H49N3O8/c1-27(50-38(47)34(22-28-12-7-6-8-13-28)43-39(48)52-40(2,3)4)36(45)51-31-17-16-29-23-35-32-15-9-10-18-41(32,33(29)24-31)19-21-44(35,5)26-49-37(46)30-14-11-20-42-25-30/h6-8,11-14,16-17,20,24-25,27,32,34-35H,9-10,15,18-19,21-23,26H2,1-5H3/p+1/t27?,32-,34?,35+,41+,44?/m0/s1. The maximum atomic E-state index is 13.4. The van der Waals surface area contributed by atoms with Gasteiger partial charge in [-0.1, -0.05) is 49.2 Å². The Kier molecular flexibility index (Phi) is 10.7. The molecule has 3 unspecified atom stereocenters. The number of quaternary nitrogens is 1. The first-order chi connectivity index (χ1) is 24.8. The van der Waals surface area contributed by atoms with Crippen molar-refractivity contribution in [2.24, 2.45) is 5.92 Å². The van der Waals surface area contributed by atoms with Gasteiger partial charge in [0.05, 0.1) is 25.2 Å². The van der Waals surface area contributed by atoms with Crippen LogP contribution in [0.4, 0.5) is 4.79 Å². The summed E-state index contributed by atoms with van der Waals surface area (Å²) in [7, 11) is 2.21. The lowest BCUT2D eigenvalue weighted by atomic mass is 9.52. The van der Waals surface area contributed by atoms with Crippen molar-refractivity contribution in [3.8, 4) is 5.75 Å². The summed E-state index contributed by atoms with van der Waals surface area (Å²) in [4.78, 5) is 56.2. The van der Waals surface area contributed by atoms with Crippen LogP contribution in [0.15, 0.2) is 73.1 Å². The van der Waals surface area contributed by atoms with Crippen LogP contribution in [0, 0.1) is 5.92 Å². The zero-order valence-electron chi connectivity index (χ0n) is 30.8. The Labute approximate surface area is 305 Å². The van der Waals surface area contributed by atoms with Crippen LogP contribution in [-0.4, -0.2) is 77.6 Å². The number of benzene rings is 2. The molecule has 6 rings (SSSR count). The highest BCUT2D eigenvalue weighted by Gasteiger charge is 2.59. The Hall–Kier alpha value is -4.77. The van der Waals surface area contributed by atoms with Crippen molar-refractivity contribution in [1.29, 1.82) is 0 Å². The Morgan fingerprint density at radius 1 is 1.00 bits per heavy atom. The second-order valence-corrected chi connectivity index (χ2v) is 15.7. The van der Waals surface area contributed by atoms with E-state index in [1.807, 2.05) is 42.5 Å². The smallest absolute Gasteiger partial charge is 0.408 e. The molecular weight excluding hydrogens is 662 g/mol. The number of pyridine rings is 1. The van der Waals surface area contributed by atoms with Crippen molar-refractivity contribution in [3.05, 3.63) is 95.3 Å². The minimum absolute atomic E-state index is 0.0554. The molecule has 1 saturated heterocycles. The number of carbonyl (C=O) groups excluding carboxylic acids is 4. The number of aromatic nitrogens is 1. The largest absolute Gasteiger partial charge is 0.449 e. The molecule has 3 aromatic rings. The number of piperidine rings is 1. The fraction of sp³-hybridized carbons (Fsp3) is 0.488. The topological polar surface area (TPSA) is 130 Å². The van der Waals surface area contributed by atoms with Gasteiger partial charge in [-0.15, -0.1) is 0 Å². The molecule has 6 atom stereocenters. The molecule has 2 aliphatic carbocycles. The molecule has 1 amide bonds. The van der Waals surface area contributed by atoms with E-state index in [4.69, 9.17) is 18.9 Å². The molecule has 11 heteroatoms. The average Bonchev–Trinajstić information content (AvgIpc) is 3.12. The van der Waals surface area contributed by atoms with Gasteiger partial charge in [0.15, 0.2) is 6.10 Å². The van der Waals surface area contributed by atoms with E-state index >= 15 is 0 Å². The highest BCUT2D eigenvalue weighted by molar-refractivity contribution is 5.89. The number of esters is 3. The summed E-state index contributed by atoms with van der Waals surface area (Å²) in [5.41, 5.74) is 2.89. The first-order valence-electron chi connectivity index (χ1n) is 18.3. The third kappa shape index (κ3) is 8.14. The van der Waals surface area contributed by atoms with E-state index in [0.717, 1.165) is 50.6 Å². The molecule has 1 aromatic heterocycles. The minimum Gasteiger partial charge on any atom is -0.449 e. The van der Waals surface area contributed by atoms with E-state index in [0.29, 0.717) is 28.4 Å². The monoisotopic (exact) mass is 712 g/mol. The van der Waals surface area contributed by atoms with Gasteiger partial charge in [0.2, 0.25) is 6.73 Å². The Morgan fingerprint density at radius 3 is 2.52 bits per heavy atom. The van der Waals surface area contributed by atoms with Crippen LogP contribution in [0.1, 0.15) is 86.8 Å². The van der Waals surface area contributed by atoms with Crippen molar-refractivity contribution >= 4 is 24.0 Å². The number of likely N-dealkylation sites (tertiary alicyclic amines) is 1. The molecule has 3 aliphatic rings. The Morgan fingerprint density at radius 2 is 1.79 bits per heavy atom. The summed E-state index contributed by atoms with van der Waals surface area (Å²) < 4.78 is 23.4. The Bertz CT molecular complexity index is 1780. The van der Waals surface area contributed by atoms with Crippen molar-refractivity contribution in [1.82, 2.24) is 10.3 Å². The van der Waals surface area contributed by atoms with Gasteiger partial charge in [0.25, 0.3) is 0 Å². The van der Waals surface area contributed by atoms with Crippen LogP contribution in [0.25, 0.3) is 0 Å². The summed E-state index contributed by atoms with van der Waals surface area (Å²) in [6.07, 6.45) is 7.52. The first-order valence-corrected chi connectivity index (χ1v) is 18.3. The van der Waals surface area contributed by atoms with Crippen molar-refractivity contribution in [2.75, 3.05) is 20.3 Å². The van der Waals surface area contributed by atoms with Gasteiger partial charge in [-0.3, -0.25) is 9.47 Å². The van der Waals surface area contributed by atoms with Crippen LogP contribution in [-0.2, 0) is 42.1 Å². The number of hydrogen-bond acceptors (Lipinski definition) is 9. The average molecular weight is 713 g/mol. The molecule has 276 valence electrons. The lowest BCUT2D eigenvalue weighted by Gasteiger charge is -2.60. The van der Waals surface area contributed by atoms with Gasteiger partial charge < -0.3 is 24.3 Å². The van der Waals surface area contributed by atoms with Crippen molar-refractivity contribution in [3.63, 3.8) is 0 Å². The molecule has 1 aliphatic heterocycles. The molecule has 2 fully saturated rings. The number of ether oxygens (including phenoxy) is 4. The SMILES string of the molecule is CC(OC(=O)C(Cc1ccccc1)NC(=O)OC(C)(C)C)C(=O)Oc1ccc2c(c1)[C@@]13CCCC[C@H]1[C@@H](C2)[N+](C)(COC(=O)c1cccnc1)CC3. The lowest BCUT2D eigenvalue weighted by Crippen LogP contribution is -2.69.